The molecule has 2 amide bonds. The first-order valence-electron chi connectivity index (χ1n) is 11.2. The van der Waals surface area contributed by atoms with Gasteiger partial charge in [-0.3, -0.25) is 9.88 Å². The molecule has 176 valence electrons. The zero-order valence-electron chi connectivity index (χ0n) is 18.8. The molecule has 0 aliphatic carbocycles. The average molecular weight is 463 g/mol. The summed E-state index contributed by atoms with van der Waals surface area (Å²) in [6, 6.07) is 10.9. The fourth-order valence-electron chi connectivity index (χ4n) is 4.32. The van der Waals surface area contributed by atoms with Crippen molar-refractivity contribution in [2.75, 3.05) is 41.4 Å². The molecule has 1 saturated heterocycles. The van der Waals surface area contributed by atoms with Crippen LogP contribution in [0.15, 0.2) is 48.8 Å². The molecule has 2 atom stereocenters. The van der Waals surface area contributed by atoms with Crippen molar-refractivity contribution >= 4 is 23.2 Å². The molecular weight excluding hydrogens is 436 g/mol. The summed E-state index contributed by atoms with van der Waals surface area (Å²) in [6.07, 6.45) is 3.13. The lowest BCUT2D eigenvalue weighted by Gasteiger charge is -2.36. The van der Waals surface area contributed by atoms with Crippen LogP contribution in [0.25, 0.3) is 11.3 Å². The van der Waals surface area contributed by atoms with Gasteiger partial charge in [0.1, 0.15) is 12.7 Å². The molecule has 10 nitrogen and oxygen atoms in total. The summed E-state index contributed by atoms with van der Waals surface area (Å²) in [7, 11) is 0. The smallest absolute Gasteiger partial charge is 0.327 e. The number of anilines is 3. The number of urea groups is 1. The zero-order chi connectivity index (χ0) is 23.7. The third-order valence-corrected chi connectivity index (χ3v) is 5.98. The Hall–Kier alpha value is -3.76. The maximum atomic E-state index is 13.5. The molecule has 10 heteroatoms. The molecule has 1 fully saturated rings. The van der Waals surface area contributed by atoms with Crippen LogP contribution in [0.2, 0.25) is 0 Å². The lowest BCUT2D eigenvalue weighted by molar-refractivity contribution is 0.0521. The molecular formula is C24H26N6O4. The maximum Gasteiger partial charge on any atom is 0.327 e. The van der Waals surface area contributed by atoms with E-state index in [9.17, 15) is 9.90 Å². The van der Waals surface area contributed by atoms with Gasteiger partial charge in [0.2, 0.25) is 5.88 Å². The van der Waals surface area contributed by atoms with Crippen LogP contribution in [0, 0.1) is 6.92 Å². The Morgan fingerprint density at radius 1 is 1.24 bits per heavy atom. The van der Waals surface area contributed by atoms with Gasteiger partial charge in [0.15, 0.2) is 5.82 Å². The van der Waals surface area contributed by atoms with Gasteiger partial charge in [0.25, 0.3) is 0 Å². The fraction of sp³-hybridized carbons (Fsp3) is 0.333. The molecule has 5 rings (SSSR count). The van der Waals surface area contributed by atoms with E-state index in [1.54, 1.807) is 23.2 Å². The molecule has 0 radical (unpaired) electrons. The van der Waals surface area contributed by atoms with Crippen LogP contribution in [-0.4, -0.2) is 69.6 Å². The maximum absolute atomic E-state index is 13.5. The third-order valence-electron chi connectivity index (χ3n) is 5.98. The van der Waals surface area contributed by atoms with Crippen LogP contribution in [0.1, 0.15) is 12.1 Å². The van der Waals surface area contributed by atoms with E-state index in [1.807, 2.05) is 31.2 Å². The van der Waals surface area contributed by atoms with Gasteiger partial charge in [-0.05, 0) is 43.7 Å². The Bertz CT molecular complexity index is 1210. The van der Waals surface area contributed by atoms with Gasteiger partial charge in [-0.15, -0.1) is 0 Å². The van der Waals surface area contributed by atoms with E-state index >= 15 is 0 Å². The fourth-order valence-corrected chi connectivity index (χ4v) is 4.32. The molecule has 0 saturated carbocycles. The summed E-state index contributed by atoms with van der Waals surface area (Å²) in [4.78, 5) is 30.7. The van der Waals surface area contributed by atoms with Crippen molar-refractivity contribution in [3.05, 3.63) is 54.5 Å². The van der Waals surface area contributed by atoms with E-state index in [0.717, 1.165) is 42.1 Å². The summed E-state index contributed by atoms with van der Waals surface area (Å²) < 4.78 is 5.40. The summed E-state index contributed by atoms with van der Waals surface area (Å²) in [5, 5.41) is 21.4. The van der Waals surface area contributed by atoms with E-state index in [-0.39, 0.29) is 24.6 Å². The van der Waals surface area contributed by atoms with Crippen LogP contribution < -0.4 is 19.9 Å². The van der Waals surface area contributed by atoms with Crippen molar-refractivity contribution in [2.24, 2.45) is 0 Å². The Kier molecular flexibility index (Phi) is 5.99. The first-order valence-corrected chi connectivity index (χ1v) is 11.2. The Morgan fingerprint density at radius 3 is 2.91 bits per heavy atom. The summed E-state index contributed by atoms with van der Waals surface area (Å²) in [6.45, 7) is 3.07. The molecule has 0 spiro atoms. The topological polar surface area (TPSA) is 124 Å². The molecule has 3 aromatic heterocycles. The highest BCUT2D eigenvalue weighted by Gasteiger charge is 2.40. The number of carbonyl (C=O) groups excluding carboxylic acids is 1. The van der Waals surface area contributed by atoms with Crippen LogP contribution >= 0.6 is 0 Å². The van der Waals surface area contributed by atoms with Gasteiger partial charge in [0, 0.05) is 48.5 Å². The standard InChI is InChI=1S/C24H26N6O4/c1-15-10-16(4-7-25-15)20-2-3-21-23(28-20)30(18-6-9-29(21)12-18)24(33)27-17-5-8-26-22(11-17)34-14-19(32)13-31/h2-5,7-8,10-11,18-19,31-32H,6,9,12-14H2,1H3,(H,26,27,33)/t18-,19-/m0/s1. The van der Waals surface area contributed by atoms with E-state index in [2.05, 4.69) is 20.2 Å². The van der Waals surface area contributed by atoms with Crippen LogP contribution in [0.4, 0.5) is 22.0 Å². The van der Waals surface area contributed by atoms with Crippen molar-refractivity contribution < 1.29 is 19.7 Å². The molecule has 3 N–H and O–H groups in total. The number of rotatable bonds is 6. The lowest BCUT2D eigenvalue weighted by atomic mass is 10.1. The van der Waals surface area contributed by atoms with E-state index in [1.165, 1.54) is 6.20 Å². The summed E-state index contributed by atoms with van der Waals surface area (Å²) in [5.41, 5.74) is 4.08. The number of aromatic nitrogens is 3. The largest absolute Gasteiger partial charge is 0.475 e. The number of amides is 2. The van der Waals surface area contributed by atoms with Gasteiger partial charge in [-0.2, -0.15) is 0 Å². The molecule has 2 bridgehead atoms. The molecule has 0 unspecified atom stereocenters. The van der Waals surface area contributed by atoms with Crippen molar-refractivity contribution in [2.45, 2.75) is 25.5 Å². The minimum atomic E-state index is -1.00. The van der Waals surface area contributed by atoms with Gasteiger partial charge in [-0.25, -0.2) is 14.8 Å². The van der Waals surface area contributed by atoms with Crippen LogP contribution in [0.3, 0.4) is 0 Å². The van der Waals surface area contributed by atoms with E-state index < -0.39 is 12.7 Å². The minimum Gasteiger partial charge on any atom is -0.475 e. The number of nitrogens with one attached hydrogen (secondary N) is 1. The second-order valence-electron chi connectivity index (χ2n) is 8.44. The quantitative estimate of drug-likeness (QED) is 0.509. The molecule has 2 aliphatic heterocycles. The second kappa shape index (κ2) is 9.24. The lowest BCUT2D eigenvalue weighted by Crippen LogP contribution is -2.48. The van der Waals surface area contributed by atoms with Gasteiger partial charge in [0.05, 0.1) is 24.0 Å². The number of aryl methyl sites for hydroxylation is 1. The molecule has 2 aliphatic rings. The monoisotopic (exact) mass is 462 g/mol. The van der Waals surface area contributed by atoms with Crippen LogP contribution in [-0.2, 0) is 0 Å². The Balaban J connectivity index is 1.41. The number of fused-ring (bicyclic) bond motifs is 4. The van der Waals surface area contributed by atoms with Crippen LogP contribution in [0.5, 0.6) is 5.88 Å². The minimum absolute atomic E-state index is 0.0201. The van der Waals surface area contributed by atoms with E-state index in [4.69, 9.17) is 14.8 Å². The molecule has 0 aromatic carbocycles. The average Bonchev–Trinajstić information content (AvgIpc) is 3.26. The first kappa shape index (κ1) is 22.1. The number of hydrogen-bond donors (Lipinski definition) is 3. The second-order valence-corrected chi connectivity index (χ2v) is 8.44. The Morgan fingerprint density at radius 2 is 2.09 bits per heavy atom. The summed E-state index contributed by atoms with van der Waals surface area (Å²) >= 11 is 0. The highest BCUT2D eigenvalue weighted by molar-refractivity contribution is 6.04. The predicted molar refractivity (Wildman–Crippen MR) is 127 cm³/mol. The molecule has 5 heterocycles. The number of hydrogen-bond acceptors (Lipinski definition) is 8. The third kappa shape index (κ3) is 4.37. The number of pyridine rings is 3. The number of aliphatic hydroxyl groups excluding tert-OH is 2. The van der Waals surface area contributed by atoms with Crippen molar-refractivity contribution in [1.29, 1.82) is 0 Å². The Labute approximate surface area is 196 Å². The van der Waals surface area contributed by atoms with Gasteiger partial charge < -0.3 is 25.2 Å². The van der Waals surface area contributed by atoms with Crippen molar-refractivity contribution in [3.8, 4) is 17.1 Å². The molecule has 3 aromatic rings. The van der Waals surface area contributed by atoms with Crippen molar-refractivity contribution in [1.82, 2.24) is 15.0 Å². The number of aliphatic hydroxyl groups is 2. The predicted octanol–water partition coefficient (Wildman–Crippen LogP) is 2.21. The zero-order valence-corrected chi connectivity index (χ0v) is 18.8. The highest BCUT2D eigenvalue weighted by Crippen LogP contribution is 2.40. The number of ether oxygens (including phenoxy) is 1. The van der Waals surface area contributed by atoms with Gasteiger partial charge in [-0.1, -0.05) is 0 Å². The van der Waals surface area contributed by atoms with Gasteiger partial charge >= 0.3 is 6.03 Å². The number of carbonyl (C=O) groups is 1. The molecule has 34 heavy (non-hydrogen) atoms. The number of nitrogens with zero attached hydrogens (tertiary/aromatic N) is 5. The van der Waals surface area contributed by atoms with E-state index in [0.29, 0.717) is 11.5 Å². The summed E-state index contributed by atoms with van der Waals surface area (Å²) in [5.74, 6) is 0.875. The normalized spacial score (nSPS) is 17.3. The SMILES string of the molecule is Cc1cc(-c2ccc3c(n2)N(C(=O)Nc2ccnc(OC[C@@H](O)CO)c2)[C@H]2CCN3C2)ccn1. The highest BCUT2D eigenvalue weighted by atomic mass is 16.5. The first-order chi connectivity index (χ1) is 16.5. The van der Waals surface area contributed by atoms with Crippen molar-refractivity contribution in [3.63, 3.8) is 0 Å².